The lowest BCUT2D eigenvalue weighted by molar-refractivity contribution is 0.131. The number of hydrogen-bond donors (Lipinski definition) is 1. The van der Waals surface area contributed by atoms with Gasteiger partial charge in [0.15, 0.2) is 0 Å². The average molecular weight is 272 g/mol. The van der Waals surface area contributed by atoms with Gasteiger partial charge in [0.2, 0.25) is 10.0 Å². The van der Waals surface area contributed by atoms with Crippen LogP contribution in [0.1, 0.15) is 51.4 Å². The van der Waals surface area contributed by atoms with Crippen LogP contribution in [-0.2, 0) is 14.8 Å². The molecule has 0 radical (unpaired) electrons. The first-order chi connectivity index (χ1) is 8.65. The summed E-state index contributed by atoms with van der Waals surface area (Å²) >= 11 is 0. The Morgan fingerprint density at radius 1 is 1.06 bits per heavy atom. The van der Waals surface area contributed by atoms with Crippen molar-refractivity contribution in [3.8, 4) is 0 Å². The molecule has 0 aromatic heterocycles. The van der Waals surface area contributed by atoms with E-state index < -0.39 is 10.0 Å². The molecule has 0 unspecified atom stereocenters. The van der Waals surface area contributed by atoms with Crippen LogP contribution in [0.25, 0.3) is 0 Å². The topological polar surface area (TPSA) is 67.8 Å². The van der Waals surface area contributed by atoms with E-state index in [1.165, 1.54) is 12.8 Å². The third-order valence-electron chi connectivity index (χ3n) is 4.16. The van der Waals surface area contributed by atoms with E-state index in [9.17, 15) is 8.42 Å². The summed E-state index contributed by atoms with van der Waals surface area (Å²) in [5.74, 6) is 0. The van der Waals surface area contributed by atoms with Gasteiger partial charge in [-0.3, -0.25) is 0 Å². The van der Waals surface area contributed by atoms with Crippen LogP contribution in [0.2, 0.25) is 0 Å². The number of hydrogen-bond acceptors (Lipinski definition) is 4. The monoisotopic (exact) mass is 272 g/mol. The first-order valence-electron chi connectivity index (χ1n) is 6.91. The molecule has 2 atom stereocenters. The molecule has 3 fully saturated rings. The lowest BCUT2D eigenvalue weighted by Gasteiger charge is -2.36. The second kappa shape index (κ2) is 4.72. The number of sulfonamides is 1. The van der Waals surface area contributed by atoms with Gasteiger partial charge in [-0.1, -0.05) is 19.3 Å². The van der Waals surface area contributed by atoms with Gasteiger partial charge in [0.05, 0.1) is 6.04 Å². The highest BCUT2D eigenvalue weighted by atomic mass is 32.2. The van der Waals surface area contributed by atoms with Crippen molar-refractivity contribution in [2.24, 2.45) is 4.99 Å². The zero-order chi connectivity index (χ0) is 12.6. The number of nitrogens with one attached hydrogen (secondary N) is 1. The molecule has 6 heteroatoms. The van der Waals surface area contributed by atoms with Crippen LogP contribution in [0.4, 0.5) is 0 Å². The van der Waals surface area contributed by atoms with Crippen LogP contribution in [0.5, 0.6) is 0 Å². The highest BCUT2D eigenvalue weighted by molar-refractivity contribution is 7.90. The third kappa shape index (κ3) is 2.35. The standard InChI is InChI=1S/C12H20N2O3S/c15-18(16)11-8-4-3-7-10(11)17-12(14-18)13-9-5-1-2-6-9/h9-11H,1-8H2,(H,13,14)/t10-,11+/m0/s1. The summed E-state index contributed by atoms with van der Waals surface area (Å²) in [6.45, 7) is 0. The van der Waals surface area contributed by atoms with Crippen LogP contribution in [0, 0.1) is 0 Å². The maximum atomic E-state index is 12.1. The molecular formula is C12H20N2O3S. The SMILES string of the molecule is O=S1(=O)NC(=NC2CCCC2)O[C@H]2CCCC[C@H]21. The van der Waals surface area contributed by atoms with E-state index in [1.54, 1.807) is 0 Å². The van der Waals surface area contributed by atoms with Crippen LogP contribution in [0.3, 0.4) is 0 Å². The zero-order valence-corrected chi connectivity index (χ0v) is 11.3. The summed E-state index contributed by atoms with van der Waals surface area (Å²) < 4.78 is 32.5. The van der Waals surface area contributed by atoms with Gasteiger partial charge in [-0.05, 0) is 32.1 Å². The van der Waals surface area contributed by atoms with Crippen molar-refractivity contribution in [1.29, 1.82) is 0 Å². The van der Waals surface area contributed by atoms with Gasteiger partial charge in [0, 0.05) is 0 Å². The molecule has 0 aromatic rings. The van der Waals surface area contributed by atoms with E-state index in [2.05, 4.69) is 9.71 Å². The molecule has 3 rings (SSSR count). The van der Waals surface area contributed by atoms with Gasteiger partial charge in [-0.2, -0.15) is 0 Å². The smallest absolute Gasteiger partial charge is 0.299 e. The van der Waals surface area contributed by atoms with Crippen molar-refractivity contribution in [3.05, 3.63) is 0 Å². The number of ether oxygens (including phenoxy) is 1. The average Bonchev–Trinajstić information content (AvgIpc) is 2.81. The molecule has 2 saturated carbocycles. The minimum absolute atomic E-state index is 0.190. The largest absolute Gasteiger partial charge is 0.460 e. The van der Waals surface area contributed by atoms with Crippen molar-refractivity contribution in [1.82, 2.24) is 4.72 Å². The second-order valence-corrected chi connectivity index (χ2v) is 7.40. The summed E-state index contributed by atoms with van der Waals surface area (Å²) in [7, 11) is -3.28. The normalized spacial score (nSPS) is 37.9. The van der Waals surface area contributed by atoms with Crippen molar-refractivity contribution in [2.75, 3.05) is 0 Å². The maximum Gasteiger partial charge on any atom is 0.299 e. The molecule has 5 nitrogen and oxygen atoms in total. The van der Waals surface area contributed by atoms with Crippen molar-refractivity contribution in [3.63, 3.8) is 0 Å². The first-order valence-corrected chi connectivity index (χ1v) is 8.46. The Hall–Kier alpha value is -0.780. The second-order valence-electron chi connectivity index (χ2n) is 5.50. The summed E-state index contributed by atoms with van der Waals surface area (Å²) in [6.07, 6.45) is 7.82. The molecule has 18 heavy (non-hydrogen) atoms. The predicted molar refractivity (Wildman–Crippen MR) is 68.9 cm³/mol. The van der Waals surface area contributed by atoms with E-state index in [0.717, 1.165) is 32.1 Å². The van der Waals surface area contributed by atoms with Crippen LogP contribution in [0.15, 0.2) is 4.99 Å². The first kappa shape index (κ1) is 12.3. The third-order valence-corrected chi connectivity index (χ3v) is 5.95. The minimum Gasteiger partial charge on any atom is -0.460 e. The molecule has 1 saturated heterocycles. The lowest BCUT2D eigenvalue weighted by atomic mass is 9.97. The fraction of sp³-hybridized carbons (Fsp3) is 0.917. The molecule has 1 N–H and O–H groups in total. The fourth-order valence-electron chi connectivity index (χ4n) is 3.17. The maximum absolute atomic E-state index is 12.1. The van der Waals surface area contributed by atoms with Crippen molar-refractivity contribution in [2.45, 2.75) is 68.8 Å². The summed E-state index contributed by atoms with van der Waals surface area (Å²) in [5, 5.41) is -0.381. The van der Waals surface area contributed by atoms with Gasteiger partial charge < -0.3 is 4.74 Å². The number of nitrogens with zero attached hydrogens (tertiary/aromatic N) is 1. The molecule has 0 aromatic carbocycles. The zero-order valence-electron chi connectivity index (χ0n) is 10.5. The molecular weight excluding hydrogens is 252 g/mol. The Morgan fingerprint density at radius 3 is 2.50 bits per heavy atom. The molecule has 3 aliphatic rings. The minimum atomic E-state index is -3.28. The Kier molecular flexibility index (Phi) is 3.21. The number of amidine groups is 1. The van der Waals surface area contributed by atoms with E-state index in [0.29, 0.717) is 6.42 Å². The predicted octanol–water partition coefficient (Wildman–Crippen LogP) is 1.55. The molecule has 0 spiro atoms. The Labute approximate surface area is 108 Å². The van der Waals surface area contributed by atoms with Gasteiger partial charge >= 0.3 is 0 Å². The fourth-order valence-corrected chi connectivity index (χ4v) is 4.74. The van der Waals surface area contributed by atoms with E-state index in [1.807, 2.05) is 0 Å². The van der Waals surface area contributed by atoms with Crippen LogP contribution < -0.4 is 4.72 Å². The van der Waals surface area contributed by atoms with E-state index in [4.69, 9.17) is 4.74 Å². The summed E-state index contributed by atoms with van der Waals surface area (Å²) in [5.41, 5.74) is 0. The van der Waals surface area contributed by atoms with Crippen molar-refractivity contribution >= 4 is 16.0 Å². The quantitative estimate of drug-likeness (QED) is 0.787. The number of fused-ring (bicyclic) bond motifs is 1. The Morgan fingerprint density at radius 2 is 1.72 bits per heavy atom. The molecule has 0 bridgehead atoms. The summed E-state index contributed by atoms with van der Waals surface area (Å²) in [6, 6.07) is 0.480. The molecule has 0 amide bonds. The van der Waals surface area contributed by atoms with Crippen LogP contribution >= 0.6 is 0 Å². The molecule has 1 aliphatic heterocycles. The molecule has 102 valence electrons. The van der Waals surface area contributed by atoms with Crippen molar-refractivity contribution < 1.29 is 13.2 Å². The Balaban J connectivity index is 1.78. The summed E-state index contributed by atoms with van der Waals surface area (Å²) in [4.78, 5) is 4.43. The van der Waals surface area contributed by atoms with Crippen LogP contribution in [-0.4, -0.2) is 31.8 Å². The van der Waals surface area contributed by atoms with E-state index in [-0.39, 0.29) is 23.4 Å². The molecule has 1 heterocycles. The van der Waals surface area contributed by atoms with E-state index >= 15 is 0 Å². The number of rotatable bonds is 1. The Bertz CT molecular complexity index is 440. The highest BCUT2D eigenvalue weighted by Crippen LogP contribution is 2.30. The van der Waals surface area contributed by atoms with Gasteiger partial charge in [-0.15, -0.1) is 0 Å². The molecule has 2 aliphatic carbocycles. The van der Waals surface area contributed by atoms with Gasteiger partial charge in [-0.25, -0.2) is 18.1 Å². The van der Waals surface area contributed by atoms with Gasteiger partial charge in [0.25, 0.3) is 6.02 Å². The number of aliphatic imine (C=N–C) groups is 1. The highest BCUT2D eigenvalue weighted by Gasteiger charge is 2.42. The van der Waals surface area contributed by atoms with Gasteiger partial charge in [0.1, 0.15) is 11.4 Å². The lowest BCUT2D eigenvalue weighted by Crippen LogP contribution is -2.54.